The molecule has 0 amide bonds. The quantitative estimate of drug-likeness (QED) is 0.645. The summed E-state index contributed by atoms with van der Waals surface area (Å²) in [4.78, 5) is 0. The van der Waals surface area contributed by atoms with Crippen LogP contribution in [-0.4, -0.2) is 67.8 Å². The lowest BCUT2D eigenvalue weighted by atomic mass is 9.92. The van der Waals surface area contributed by atoms with Crippen LogP contribution in [0.3, 0.4) is 0 Å². The van der Waals surface area contributed by atoms with Crippen molar-refractivity contribution in [3.8, 4) is 0 Å². The van der Waals surface area contributed by atoms with Crippen LogP contribution in [0.1, 0.15) is 20.3 Å². The fraction of sp³-hybridized carbons (Fsp3) is 1.00. The standard InChI is InChI=1S/C12H21BO5/c1-6-4-12(6,16-3)7(2)17-10-9(15)8(5-14)18-11(10)13/h6-11,14-15H,4-5H2,1-3H3/t6?,7-,8+,9?,10?,11+,12?/m0/s1. The highest BCUT2D eigenvalue weighted by Crippen LogP contribution is 2.50. The van der Waals surface area contributed by atoms with Gasteiger partial charge in [-0.15, -0.1) is 0 Å². The van der Waals surface area contributed by atoms with Crippen LogP contribution < -0.4 is 0 Å². The van der Waals surface area contributed by atoms with Gasteiger partial charge in [0, 0.05) is 13.1 Å². The number of hydrogen-bond donors (Lipinski definition) is 2. The molecule has 0 aromatic rings. The molecule has 2 aliphatic rings. The molecular formula is C12H21BO5. The summed E-state index contributed by atoms with van der Waals surface area (Å²) in [6, 6.07) is -0.720. The molecule has 7 atom stereocenters. The van der Waals surface area contributed by atoms with E-state index in [-0.39, 0.29) is 18.3 Å². The van der Waals surface area contributed by atoms with Crippen LogP contribution >= 0.6 is 0 Å². The average molecular weight is 256 g/mol. The normalized spacial score (nSPS) is 49.3. The molecule has 2 rings (SSSR count). The zero-order chi connectivity index (χ0) is 13.5. The first kappa shape index (κ1) is 14.3. The molecule has 6 heteroatoms. The number of aliphatic hydroxyl groups is 2. The summed E-state index contributed by atoms with van der Waals surface area (Å²) < 4.78 is 16.6. The summed E-state index contributed by atoms with van der Waals surface area (Å²) in [6.45, 7) is 3.75. The molecule has 1 aliphatic carbocycles. The molecule has 0 spiro atoms. The second-order valence-corrected chi connectivity index (χ2v) is 5.32. The molecule has 18 heavy (non-hydrogen) atoms. The Morgan fingerprint density at radius 1 is 1.56 bits per heavy atom. The van der Waals surface area contributed by atoms with E-state index in [1.165, 1.54) is 0 Å². The first-order chi connectivity index (χ1) is 8.46. The Morgan fingerprint density at radius 3 is 2.56 bits per heavy atom. The molecule has 2 N–H and O–H groups in total. The number of hydrogen-bond acceptors (Lipinski definition) is 5. The maximum Gasteiger partial charge on any atom is 0.112 e. The van der Waals surface area contributed by atoms with Gasteiger partial charge in [0.2, 0.25) is 0 Å². The van der Waals surface area contributed by atoms with Gasteiger partial charge >= 0.3 is 0 Å². The van der Waals surface area contributed by atoms with Gasteiger partial charge in [-0.3, -0.25) is 0 Å². The van der Waals surface area contributed by atoms with Gasteiger partial charge < -0.3 is 24.4 Å². The minimum Gasteiger partial charge on any atom is -0.394 e. The van der Waals surface area contributed by atoms with Gasteiger partial charge in [0.05, 0.1) is 18.3 Å². The van der Waals surface area contributed by atoms with E-state index in [1.54, 1.807) is 7.11 Å². The van der Waals surface area contributed by atoms with E-state index in [0.29, 0.717) is 5.92 Å². The molecule has 2 fully saturated rings. The van der Waals surface area contributed by atoms with Crippen LogP contribution in [0, 0.1) is 5.92 Å². The van der Waals surface area contributed by atoms with Crippen molar-refractivity contribution in [3.05, 3.63) is 0 Å². The van der Waals surface area contributed by atoms with E-state index >= 15 is 0 Å². The first-order valence-corrected chi connectivity index (χ1v) is 6.37. The summed E-state index contributed by atoms with van der Waals surface area (Å²) >= 11 is 0. The zero-order valence-electron chi connectivity index (χ0n) is 11.1. The maximum absolute atomic E-state index is 9.96. The van der Waals surface area contributed by atoms with Gasteiger partial charge in [0.1, 0.15) is 26.2 Å². The summed E-state index contributed by atoms with van der Waals surface area (Å²) in [6.07, 6.45) is -1.45. The van der Waals surface area contributed by atoms with Crippen molar-refractivity contribution in [2.24, 2.45) is 5.92 Å². The number of ether oxygens (including phenoxy) is 3. The van der Waals surface area contributed by atoms with Crippen LogP contribution in [0.15, 0.2) is 0 Å². The van der Waals surface area contributed by atoms with E-state index in [1.807, 2.05) is 6.92 Å². The predicted molar refractivity (Wildman–Crippen MR) is 65.4 cm³/mol. The topological polar surface area (TPSA) is 68.2 Å². The zero-order valence-corrected chi connectivity index (χ0v) is 11.1. The minimum atomic E-state index is -0.907. The number of aliphatic hydroxyl groups excluding tert-OH is 2. The lowest BCUT2D eigenvalue weighted by Gasteiger charge is -2.29. The van der Waals surface area contributed by atoms with Crippen molar-refractivity contribution in [3.63, 3.8) is 0 Å². The van der Waals surface area contributed by atoms with Crippen LogP contribution in [0.5, 0.6) is 0 Å². The molecule has 0 aromatic heterocycles. The highest BCUT2D eigenvalue weighted by Gasteiger charge is 2.58. The van der Waals surface area contributed by atoms with Crippen molar-refractivity contribution in [1.29, 1.82) is 0 Å². The third-order valence-corrected chi connectivity index (χ3v) is 4.28. The smallest absolute Gasteiger partial charge is 0.112 e. The lowest BCUT2D eigenvalue weighted by Crippen LogP contribution is -2.43. The Balaban J connectivity index is 1.97. The highest BCUT2D eigenvalue weighted by molar-refractivity contribution is 6.11. The number of rotatable bonds is 5. The van der Waals surface area contributed by atoms with Gasteiger partial charge in [0.25, 0.3) is 0 Å². The lowest BCUT2D eigenvalue weighted by molar-refractivity contribution is -0.125. The third kappa shape index (κ3) is 2.21. The average Bonchev–Trinajstić information content (AvgIpc) is 2.95. The molecule has 4 unspecified atom stereocenters. The van der Waals surface area contributed by atoms with E-state index in [2.05, 4.69) is 6.92 Å². The predicted octanol–water partition coefficient (Wildman–Crippen LogP) is -0.568. The molecule has 0 aromatic carbocycles. The van der Waals surface area contributed by atoms with Gasteiger partial charge in [-0.1, -0.05) is 6.92 Å². The van der Waals surface area contributed by atoms with Gasteiger partial charge in [-0.05, 0) is 19.3 Å². The van der Waals surface area contributed by atoms with E-state index in [9.17, 15) is 5.11 Å². The molecule has 5 nitrogen and oxygen atoms in total. The Morgan fingerprint density at radius 2 is 2.17 bits per heavy atom. The van der Waals surface area contributed by atoms with Crippen LogP contribution in [-0.2, 0) is 14.2 Å². The summed E-state index contributed by atoms with van der Waals surface area (Å²) in [5, 5.41) is 19.0. The van der Waals surface area contributed by atoms with E-state index in [4.69, 9.17) is 27.2 Å². The summed E-state index contributed by atoms with van der Waals surface area (Å²) in [5.74, 6) is 0.432. The fourth-order valence-electron chi connectivity index (χ4n) is 2.86. The Kier molecular flexibility index (Phi) is 4.04. The largest absolute Gasteiger partial charge is 0.394 e. The van der Waals surface area contributed by atoms with Gasteiger partial charge in [-0.2, -0.15) is 0 Å². The van der Waals surface area contributed by atoms with Crippen molar-refractivity contribution in [1.82, 2.24) is 0 Å². The van der Waals surface area contributed by atoms with Crippen LogP contribution in [0.25, 0.3) is 0 Å². The molecule has 1 aliphatic heterocycles. The summed E-state index contributed by atoms with van der Waals surface area (Å²) in [7, 11) is 7.43. The molecule has 2 radical (unpaired) electrons. The van der Waals surface area contributed by atoms with E-state index < -0.39 is 24.3 Å². The molecule has 1 saturated carbocycles. The first-order valence-electron chi connectivity index (χ1n) is 6.37. The van der Waals surface area contributed by atoms with Gasteiger partial charge in [-0.25, -0.2) is 0 Å². The van der Waals surface area contributed by atoms with Crippen molar-refractivity contribution in [2.45, 2.75) is 56.3 Å². The molecular weight excluding hydrogens is 235 g/mol. The van der Waals surface area contributed by atoms with Crippen molar-refractivity contribution < 1.29 is 24.4 Å². The monoisotopic (exact) mass is 256 g/mol. The van der Waals surface area contributed by atoms with Crippen LogP contribution in [0.2, 0.25) is 0 Å². The van der Waals surface area contributed by atoms with Crippen LogP contribution in [0.4, 0.5) is 0 Å². The molecule has 1 saturated heterocycles. The summed E-state index contributed by atoms with van der Waals surface area (Å²) in [5.41, 5.74) is -0.281. The Bertz CT molecular complexity index is 298. The SMILES string of the molecule is [B][C@@H]1O[C@H](CO)C(O)C1O[C@@H](C)C1(OC)CC1C. The minimum absolute atomic E-state index is 0.177. The van der Waals surface area contributed by atoms with Crippen molar-refractivity contribution in [2.75, 3.05) is 13.7 Å². The Labute approximate surface area is 109 Å². The van der Waals surface area contributed by atoms with E-state index in [0.717, 1.165) is 6.42 Å². The molecule has 0 bridgehead atoms. The third-order valence-electron chi connectivity index (χ3n) is 4.28. The Hall–Kier alpha value is -0.135. The number of methoxy groups -OCH3 is 1. The fourth-order valence-corrected chi connectivity index (χ4v) is 2.86. The molecule has 1 heterocycles. The van der Waals surface area contributed by atoms with Gasteiger partial charge in [0.15, 0.2) is 0 Å². The molecule has 102 valence electrons. The van der Waals surface area contributed by atoms with Crippen molar-refractivity contribution >= 4 is 7.85 Å². The second-order valence-electron chi connectivity index (χ2n) is 5.32. The highest BCUT2D eigenvalue weighted by atomic mass is 16.6. The second kappa shape index (κ2) is 5.09. The maximum atomic E-state index is 9.96.